The number of hydrogen-bond acceptors (Lipinski definition) is 6. The van der Waals surface area contributed by atoms with Crippen molar-refractivity contribution in [1.29, 1.82) is 0 Å². The van der Waals surface area contributed by atoms with Gasteiger partial charge in [0.05, 0.1) is 16.2 Å². The van der Waals surface area contributed by atoms with Crippen LogP contribution in [0.4, 0.5) is 0 Å². The summed E-state index contributed by atoms with van der Waals surface area (Å²) in [4.78, 5) is 29.7. The minimum atomic E-state index is -3.65. The molecule has 0 radical (unpaired) electrons. The van der Waals surface area contributed by atoms with Crippen molar-refractivity contribution in [2.75, 3.05) is 6.26 Å². The maximum absolute atomic E-state index is 13.6. The quantitative estimate of drug-likeness (QED) is 0.447. The highest BCUT2D eigenvalue weighted by Crippen LogP contribution is 2.40. The SMILES string of the molecule is CC(=O)OC1CCCn2c1c(C(=O)c1ccc(Cl)cc1)c1c(S(C)(=O)=O)ccnc12. The van der Waals surface area contributed by atoms with Gasteiger partial charge in [0.1, 0.15) is 11.8 Å². The van der Waals surface area contributed by atoms with Crippen molar-refractivity contribution in [3.63, 3.8) is 0 Å². The third kappa shape index (κ3) is 3.50. The number of carbonyl (C=O) groups excluding carboxylic acids is 2. The standard InChI is InChI=1S/C21H19ClN2O5S/c1-12(25)29-15-4-3-11-24-19(15)18(20(26)13-5-7-14(22)8-6-13)17-16(30(2,27)28)9-10-23-21(17)24/h5-10,15H,3-4,11H2,1-2H3. The molecule has 0 fully saturated rings. The van der Waals surface area contributed by atoms with E-state index in [0.29, 0.717) is 41.3 Å². The molecule has 0 amide bonds. The summed E-state index contributed by atoms with van der Waals surface area (Å²) < 4.78 is 32.4. The van der Waals surface area contributed by atoms with Crippen LogP contribution in [-0.4, -0.2) is 36.0 Å². The van der Waals surface area contributed by atoms with Crippen LogP contribution in [-0.2, 0) is 25.9 Å². The fraction of sp³-hybridized carbons (Fsp3) is 0.286. The number of sulfone groups is 1. The maximum atomic E-state index is 13.6. The Balaban J connectivity index is 2.09. The van der Waals surface area contributed by atoms with Crippen LogP contribution in [0.2, 0.25) is 5.02 Å². The van der Waals surface area contributed by atoms with Crippen LogP contribution >= 0.6 is 11.6 Å². The molecule has 156 valence electrons. The maximum Gasteiger partial charge on any atom is 0.303 e. The van der Waals surface area contributed by atoms with Crippen LogP contribution in [0.15, 0.2) is 41.4 Å². The second-order valence-electron chi connectivity index (χ2n) is 7.27. The van der Waals surface area contributed by atoms with Crippen molar-refractivity contribution in [3.8, 4) is 0 Å². The molecular formula is C21H19ClN2O5S. The van der Waals surface area contributed by atoms with E-state index in [1.54, 1.807) is 28.8 Å². The molecule has 1 aromatic carbocycles. The minimum Gasteiger partial charge on any atom is -0.456 e. The van der Waals surface area contributed by atoms with Gasteiger partial charge in [-0.3, -0.25) is 9.59 Å². The van der Waals surface area contributed by atoms with Crippen molar-refractivity contribution in [3.05, 3.63) is 58.4 Å². The highest BCUT2D eigenvalue weighted by atomic mass is 35.5. The molecule has 7 nitrogen and oxygen atoms in total. The number of benzene rings is 1. The lowest BCUT2D eigenvalue weighted by Crippen LogP contribution is -2.21. The summed E-state index contributed by atoms with van der Waals surface area (Å²) in [5.41, 5.74) is 1.43. The number of ether oxygens (including phenoxy) is 1. The monoisotopic (exact) mass is 446 g/mol. The molecule has 4 rings (SSSR count). The van der Waals surface area contributed by atoms with Gasteiger partial charge in [0.2, 0.25) is 0 Å². The number of pyridine rings is 1. The Morgan fingerprint density at radius 3 is 2.53 bits per heavy atom. The van der Waals surface area contributed by atoms with Crippen molar-refractivity contribution < 1.29 is 22.7 Å². The van der Waals surface area contributed by atoms with Crippen LogP contribution in [0, 0.1) is 0 Å². The molecule has 1 aliphatic heterocycles. The Kier molecular flexibility index (Phi) is 5.15. The Bertz CT molecular complexity index is 1280. The topological polar surface area (TPSA) is 95.3 Å². The van der Waals surface area contributed by atoms with Gasteiger partial charge >= 0.3 is 5.97 Å². The van der Waals surface area contributed by atoms with Gasteiger partial charge in [-0.1, -0.05) is 11.6 Å². The number of ketones is 1. The number of fused-ring (bicyclic) bond motifs is 3. The average Bonchev–Trinajstić information content (AvgIpc) is 3.02. The van der Waals surface area contributed by atoms with Crippen molar-refractivity contribution in [2.45, 2.75) is 37.3 Å². The molecule has 1 unspecified atom stereocenters. The first kappa shape index (κ1) is 20.6. The molecule has 0 N–H and O–H groups in total. The van der Waals surface area contributed by atoms with Crippen molar-refractivity contribution in [2.24, 2.45) is 0 Å². The summed E-state index contributed by atoms with van der Waals surface area (Å²) in [6, 6.07) is 7.75. The van der Waals surface area contributed by atoms with E-state index in [9.17, 15) is 18.0 Å². The molecule has 3 heterocycles. The molecule has 1 aliphatic rings. The lowest BCUT2D eigenvalue weighted by Gasteiger charge is -2.25. The fourth-order valence-electron chi connectivity index (χ4n) is 3.98. The minimum absolute atomic E-state index is 0.0216. The molecule has 3 aromatic rings. The highest BCUT2D eigenvalue weighted by molar-refractivity contribution is 7.91. The summed E-state index contributed by atoms with van der Waals surface area (Å²) in [6.07, 6.45) is 3.08. The zero-order valence-corrected chi connectivity index (χ0v) is 18.0. The summed E-state index contributed by atoms with van der Waals surface area (Å²) in [6.45, 7) is 1.85. The highest BCUT2D eigenvalue weighted by Gasteiger charge is 2.35. The van der Waals surface area contributed by atoms with E-state index >= 15 is 0 Å². The Morgan fingerprint density at radius 1 is 1.20 bits per heavy atom. The lowest BCUT2D eigenvalue weighted by atomic mass is 9.96. The molecular weight excluding hydrogens is 428 g/mol. The Hall–Kier alpha value is -2.71. The number of nitrogens with zero attached hydrogens (tertiary/aromatic N) is 2. The van der Waals surface area contributed by atoms with Gasteiger partial charge in [-0.15, -0.1) is 0 Å². The number of halogens is 1. The average molecular weight is 447 g/mol. The Labute approximate surface area is 178 Å². The fourth-order valence-corrected chi connectivity index (χ4v) is 4.98. The van der Waals surface area contributed by atoms with E-state index in [2.05, 4.69) is 4.98 Å². The van der Waals surface area contributed by atoms with Gasteiger partial charge in [0.25, 0.3) is 0 Å². The number of esters is 1. The van der Waals surface area contributed by atoms with E-state index in [1.165, 1.54) is 19.2 Å². The van der Waals surface area contributed by atoms with Gasteiger partial charge in [0, 0.05) is 41.9 Å². The summed E-state index contributed by atoms with van der Waals surface area (Å²) in [5, 5.41) is 0.737. The van der Waals surface area contributed by atoms with Crippen LogP contribution in [0.5, 0.6) is 0 Å². The second kappa shape index (κ2) is 7.52. The third-order valence-electron chi connectivity index (χ3n) is 5.14. The molecule has 0 saturated heterocycles. The molecule has 1 atom stereocenters. The largest absolute Gasteiger partial charge is 0.456 e. The van der Waals surface area contributed by atoms with Gasteiger partial charge in [-0.05, 0) is 43.2 Å². The number of aromatic nitrogens is 2. The van der Waals surface area contributed by atoms with Crippen molar-refractivity contribution in [1.82, 2.24) is 9.55 Å². The lowest BCUT2D eigenvalue weighted by molar-refractivity contribution is -0.147. The number of carbonyl (C=O) groups is 2. The first-order valence-electron chi connectivity index (χ1n) is 9.37. The van der Waals surface area contributed by atoms with Crippen LogP contribution < -0.4 is 0 Å². The first-order valence-corrected chi connectivity index (χ1v) is 11.6. The Morgan fingerprint density at radius 2 is 1.90 bits per heavy atom. The van der Waals surface area contributed by atoms with Gasteiger partial charge in [0.15, 0.2) is 15.6 Å². The second-order valence-corrected chi connectivity index (χ2v) is 9.69. The van der Waals surface area contributed by atoms with Crippen molar-refractivity contribution >= 4 is 44.2 Å². The van der Waals surface area contributed by atoms with E-state index < -0.39 is 21.9 Å². The molecule has 0 aliphatic carbocycles. The molecule has 0 saturated carbocycles. The van der Waals surface area contributed by atoms with Crippen LogP contribution in [0.1, 0.15) is 47.5 Å². The van der Waals surface area contributed by atoms with E-state index in [-0.39, 0.29) is 21.6 Å². The van der Waals surface area contributed by atoms with E-state index in [1.807, 2.05) is 0 Å². The number of hydrogen-bond donors (Lipinski definition) is 0. The predicted molar refractivity (Wildman–Crippen MR) is 111 cm³/mol. The molecule has 2 aromatic heterocycles. The van der Waals surface area contributed by atoms with Gasteiger partial charge in [-0.2, -0.15) is 0 Å². The zero-order valence-electron chi connectivity index (χ0n) is 16.4. The molecule has 0 bridgehead atoms. The number of rotatable bonds is 4. The summed E-state index contributed by atoms with van der Waals surface area (Å²) >= 11 is 5.95. The predicted octanol–water partition coefficient (Wildman–Crippen LogP) is 3.72. The van der Waals surface area contributed by atoms with Gasteiger partial charge in [-0.25, -0.2) is 13.4 Å². The van der Waals surface area contributed by atoms with Crippen LogP contribution in [0.25, 0.3) is 11.0 Å². The molecule has 30 heavy (non-hydrogen) atoms. The van der Waals surface area contributed by atoms with E-state index in [0.717, 1.165) is 6.26 Å². The molecule has 0 spiro atoms. The van der Waals surface area contributed by atoms with Crippen LogP contribution in [0.3, 0.4) is 0 Å². The van der Waals surface area contributed by atoms with Gasteiger partial charge < -0.3 is 9.30 Å². The third-order valence-corrected chi connectivity index (χ3v) is 6.53. The first-order chi connectivity index (χ1) is 14.2. The normalized spacial score (nSPS) is 16.3. The number of aryl methyl sites for hydroxylation is 1. The van der Waals surface area contributed by atoms with E-state index in [4.69, 9.17) is 16.3 Å². The molecule has 9 heteroatoms. The zero-order chi connectivity index (χ0) is 21.6. The smallest absolute Gasteiger partial charge is 0.303 e. The summed E-state index contributed by atoms with van der Waals surface area (Å²) in [5.74, 6) is -0.845. The summed E-state index contributed by atoms with van der Waals surface area (Å²) in [7, 11) is -3.65.